The molecular weight excluding hydrogens is 216 g/mol. The number of ether oxygens (including phenoxy) is 1. The van der Waals surface area contributed by atoms with Crippen molar-refractivity contribution in [2.45, 2.75) is 26.2 Å². The van der Waals surface area contributed by atoms with E-state index in [9.17, 15) is 4.79 Å². The van der Waals surface area contributed by atoms with Gasteiger partial charge in [-0.1, -0.05) is 0 Å². The zero-order valence-electron chi connectivity index (χ0n) is 11.0. The van der Waals surface area contributed by atoms with Crippen molar-refractivity contribution in [2.75, 3.05) is 39.8 Å². The summed E-state index contributed by atoms with van der Waals surface area (Å²) in [4.78, 5) is 14.4. The molecule has 1 spiro atoms. The molecule has 0 aromatic rings. The second kappa shape index (κ2) is 5.36. The Morgan fingerprint density at radius 2 is 2.29 bits per heavy atom. The summed E-state index contributed by atoms with van der Waals surface area (Å²) in [5.41, 5.74) is 0.150. The molecule has 4 heteroatoms. The summed E-state index contributed by atoms with van der Waals surface area (Å²) in [6.45, 7) is 6.39. The lowest BCUT2D eigenvalue weighted by Gasteiger charge is -2.32. The van der Waals surface area contributed by atoms with Crippen molar-refractivity contribution >= 4 is 5.97 Å². The van der Waals surface area contributed by atoms with Crippen molar-refractivity contribution in [3.8, 4) is 0 Å². The van der Waals surface area contributed by atoms with E-state index in [-0.39, 0.29) is 17.3 Å². The van der Waals surface area contributed by atoms with Crippen molar-refractivity contribution in [1.82, 2.24) is 10.2 Å². The van der Waals surface area contributed by atoms with Crippen molar-refractivity contribution in [3.05, 3.63) is 0 Å². The molecule has 0 bridgehead atoms. The van der Waals surface area contributed by atoms with Crippen LogP contribution in [0.4, 0.5) is 0 Å². The van der Waals surface area contributed by atoms with Crippen LogP contribution in [0.2, 0.25) is 0 Å². The number of esters is 1. The van der Waals surface area contributed by atoms with Gasteiger partial charge in [0.25, 0.3) is 0 Å². The third-order valence-corrected chi connectivity index (χ3v) is 4.34. The van der Waals surface area contributed by atoms with E-state index in [0.717, 1.165) is 39.0 Å². The first-order valence-electron chi connectivity index (χ1n) is 6.74. The number of hydrogen-bond acceptors (Lipinski definition) is 4. The summed E-state index contributed by atoms with van der Waals surface area (Å²) in [5, 5.41) is 3.40. The summed E-state index contributed by atoms with van der Waals surface area (Å²) in [6.07, 6.45) is 3.45. The molecular formula is C13H24N2O2. The molecule has 1 N–H and O–H groups in total. The van der Waals surface area contributed by atoms with E-state index in [4.69, 9.17) is 4.74 Å². The topological polar surface area (TPSA) is 41.6 Å². The zero-order chi connectivity index (χ0) is 12.3. The third-order valence-electron chi connectivity index (χ3n) is 4.34. The largest absolute Gasteiger partial charge is 0.466 e. The van der Waals surface area contributed by atoms with Crippen LogP contribution in [0.15, 0.2) is 0 Å². The first kappa shape index (κ1) is 12.8. The Morgan fingerprint density at radius 1 is 1.47 bits per heavy atom. The van der Waals surface area contributed by atoms with Crippen LogP contribution in [0.5, 0.6) is 0 Å². The Morgan fingerprint density at radius 3 is 3.06 bits per heavy atom. The maximum absolute atomic E-state index is 12.0. The average Bonchev–Trinajstić information content (AvgIpc) is 2.61. The maximum Gasteiger partial charge on any atom is 0.310 e. The Hall–Kier alpha value is -0.610. The van der Waals surface area contributed by atoms with E-state index in [1.54, 1.807) is 0 Å². The minimum absolute atomic E-state index is 0.00190. The van der Waals surface area contributed by atoms with Crippen LogP contribution in [0.1, 0.15) is 26.2 Å². The SMILES string of the molecule is CCOC(=O)C1CNCC12CCCN(C)CC2. The van der Waals surface area contributed by atoms with Crippen molar-refractivity contribution in [2.24, 2.45) is 11.3 Å². The summed E-state index contributed by atoms with van der Waals surface area (Å²) < 4.78 is 5.23. The highest BCUT2D eigenvalue weighted by Crippen LogP contribution is 2.41. The quantitative estimate of drug-likeness (QED) is 0.727. The van der Waals surface area contributed by atoms with Crippen LogP contribution in [0.3, 0.4) is 0 Å². The number of hydrogen-bond donors (Lipinski definition) is 1. The fourth-order valence-electron chi connectivity index (χ4n) is 3.26. The number of carbonyl (C=O) groups is 1. The van der Waals surface area contributed by atoms with E-state index in [0.29, 0.717) is 6.61 Å². The van der Waals surface area contributed by atoms with Crippen molar-refractivity contribution in [3.63, 3.8) is 0 Å². The molecule has 0 aromatic carbocycles. The highest BCUT2D eigenvalue weighted by molar-refractivity contribution is 5.74. The van der Waals surface area contributed by atoms with Crippen LogP contribution in [-0.2, 0) is 9.53 Å². The van der Waals surface area contributed by atoms with Crippen LogP contribution in [0.25, 0.3) is 0 Å². The molecule has 2 aliphatic heterocycles. The minimum Gasteiger partial charge on any atom is -0.466 e. The van der Waals surface area contributed by atoms with E-state index in [1.807, 2.05) is 6.92 Å². The Balaban J connectivity index is 2.08. The van der Waals surface area contributed by atoms with Gasteiger partial charge in [0.05, 0.1) is 12.5 Å². The van der Waals surface area contributed by atoms with Gasteiger partial charge in [0, 0.05) is 13.1 Å². The lowest BCUT2D eigenvalue weighted by Crippen LogP contribution is -2.37. The standard InChI is InChI=1S/C13H24N2O2/c1-3-17-12(16)11-9-14-10-13(11)5-4-7-15(2)8-6-13/h11,14H,3-10H2,1-2H3. The predicted molar refractivity (Wildman–Crippen MR) is 66.8 cm³/mol. The number of rotatable bonds is 2. The second-order valence-electron chi connectivity index (χ2n) is 5.45. The van der Waals surface area contributed by atoms with Crippen LogP contribution < -0.4 is 5.32 Å². The first-order chi connectivity index (χ1) is 8.18. The van der Waals surface area contributed by atoms with Crippen LogP contribution in [-0.4, -0.2) is 50.7 Å². The Kier molecular flexibility index (Phi) is 4.05. The summed E-state index contributed by atoms with van der Waals surface area (Å²) in [5.74, 6) is 0.0657. The first-order valence-corrected chi connectivity index (χ1v) is 6.74. The number of nitrogens with one attached hydrogen (secondary N) is 1. The molecule has 0 amide bonds. The molecule has 0 saturated carbocycles. The number of nitrogens with zero attached hydrogens (tertiary/aromatic N) is 1. The lowest BCUT2D eigenvalue weighted by atomic mass is 9.72. The molecule has 4 nitrogen and oxygen atoms in total. The van der Waals surface area contributed by atoms with Gasteiger partial charge in [0.2, 0.25) is 0 Å². The monoisotopic (exact) mass is 240 g/mol. The molecule has 2 fully saturated rings. The van der Waals surface area contributed by atoms with Gasteiger partial charge in [-0.3, -0.25) is 4.79 Å². The highest BCUT2D eigenvalue weighted by Gasteiger charge is 2.47. The summed E-state index contributed by atoms with van der Waals surface area (Å²) in [7, 11) is 2.17. The summed E-state index contributed by atoms with van der Waals surface area (Å²) >= 11 is 0. The fourth-order valence-corrected chi connectivity index (χ4v) is 3.26. The zero-order valence-corrected chi connectivity index (χ0v) is 11.0. The smallest absolute Gasteiger partial charge is 0.310 e. The van der Waals surface area contributed by atoms with Crippen LogP contribution in [0, 0.1) is 11.3 Å². The fraction of sp³-hybridized carbons (Fsp3) is 0.923. The van der Waals surface area contributed by atoms with Gasteiger partial charge in [-0.05, 0) is 51.7 Å². The number of carbonyl (C=O) groups excluding carboxylic acids is 1. The van der Waals surface area contributed by atoms with Crippen LogP contribution >= 0.6 is 0 Å². The second-order valence-corrected chi connectivity index (χ2v) is 5.45. The molecule has 2 saturated heterocycles. The molecule has 2 aliphatic rings. The molecule has 0 aliphatic carbocycles. The Bertz CT molecular complexity index is 283. The molecule has 2 atom stereocenters. The average molecular weight is 240 g/mol. The highest BCUT2D eigenvalue weighted by atomic mass is 16.5. The van der Waals surface area contributed by atoms with E-state index >= 15 is 0 Å². The third kappa shape index (κ3) is 2.63. The number of likely N-dealkylation sites (tertiary alicyclic amines) is 1. The van der Waals surface area contributed by atoms with E-state index in [1.165, 1.54) is 6.42 Å². The molecule has 0 radical (unpaired) electrons. The van der Waals surface area contributed by atoms with Crippen molar-refractivity contribution in [1.29, 1.82) is 0 Å². The maximum atomic E-state index is 12.0. The van der Waals surface area contributed by atoms with Gasteiger partial charge in [-0.25, -0.2) is 0 Å². The molecule has 2 rings (SSSR count). The van der Waals surface area contributed by atoms with Gasteiger partial charge in [0.15, 0.2) is 0 Å². The van der Waals surface area contributed by atoms with Gasteiger partial charge in [0.1, 0.15) is 0 Å². The van der Waals surface area contributed by atoms with Crippen molar-refractivity contribution < 1.29 is 9.53 Å². The molecule has 2 heterocycles. The molecule has 2 unspecified atom stereocenters. The van der Waals surface area contributed by atoms with E-state index in [2.05, 4.69) is 17.3 Å². The molecule has 17 heavy (non-hydrogen) atoms. The van der Waals surface area contributed by atoms with Gasteiger partial charge in [-0.15, -0.1) is 0 Å². The van der Waals surface area contributed by atoms with Gasteiger partial charge < -0.3 is 15.0 Å². The molecule has 0 aromatic heterocycles. The van der Waals surface area contributed by atoms with E-state index < -0.39 is 0 Å². The predicted octanol–water partition coefficient (Wildman–Crippen LogP) is 0.871. The normalized spacial score (nSPS) is 34.8. The minimum atomic E-state index is 0.00190. The summed E-state index contributed by atoms with van der Waals surface area (Å²) in [6, 6.07) is 0. The van der Waals surface area contributed by atoms with Gasteiger partial charge in [-0.2, -0.15) is 0 Å². The molecule has 98 valence electrons. The lowest BCUT2D eigenvalue weighted by molar-refractivity contribution is -0.151. The Labute approximate surface area is 104 Å². The van der Waals surface area contributed by atoms with Gasteiger partial charge >= 0.3 is 5.97 Å².